The molecule has 0 radical (unpaired) electrons. The Balaban J connectivity index is 1.84. The van der Waals surface area contributed by atoms with E-state index in [0.29, 0.717) is 12.5 Å². The lowest BCUT2D eigenvalue weighted by Gasteiger charge is -2.37. The molecule has 1 saturated carbocycles. The lowest BCUT2D eigenvalue weighted by Crippen LogP contribution is -2.42. The van der Waals surface area contributed by atoms with Crippen molar-refractivity contribution in [1.29, 1.82) is 0 Å². The van der Waals surface area contributed by atoms with E-state index in [-0.39, 0.29) is 17.6 Å². The van der Waals surface area contributed by atoms with E-state index in [0.717, 1.165) is 38.8 Å². The largest absolute Gasteiger partial charge is 0.450 e. The average molecular weight is 241 g/mol. The molecule has 0 aromatic heterocycles. The van der Waals surface area contributed by atoms with Crippen molar-refractivity contribution in [2.24, 2.45) is 11.3 Å². The fourth-order valence-corrected chi connectivity index (χ4v) is 3.16. The minimum absolute atomic E-state index is 0.167. The van der Waals surface area contributed by atoms with Gasteiger partial charge in [0.15, 0.2) is 0 Å². The number of carbonyl (C=O) groups excluding carboxylic acids is 1. The van der Waals surface area contributed by atoms with E-state index in [2.05, 4.69) is 0 Å². The van der Waals surface area contributed by atoms with Gasteiger partial charge in [0.1, 0.15) is 0 Å². The first-order valence-corrected chi connectivity index (χ1v) is 6.70. The number of rotatable bonds is 3. The molecule has 2 aliphatic rings. The first-order chi connectivity index (χ1) is 8.10. The summed E-state index contributed by atoms with van der Waals surface area (Å²) in [4.78, 5) is 13.3. The number of hydrogen-bond donors (Lipinski definition) is 1. The first kappa shape index (κ1) is 12.7. The summed E-state index contributed by atoms with van der Waals surface area (Å²) in [5.74, 6) is 0.577. The number of aliphatic hydroxyl groups excluding tert-OH is 1. The van der Waals surface area contributed by atoms with Crippen LogP contribution in [-0.4, -0.2) is 41.9 Å². The summed E-state index contributed by atoms with van der Waals surface area (Å²) >= 11 is 0. The molecule has 1 saturated heterocycles. The van der Waals surface area contributed by atoms with Gasteiger partial charge in [0, 0.05) is 13.1 Å². The molecular formula is C13H23NO3. The first-order valence-electron chi connectivity index (χ1n) is 6.70. The van der Waals surface area contributed by atoms with Crippen LogP contribution in [0, 0.1) is 11.3 Å². The van der Waals surface area contributed by atoms with Crippen molar-refractivity contribution in [2.75, 3.05) is 19.7 Å². The summed E-state index contributed by atoms with van der Waals surface area (Å²) in [6.07, 6.45) is 3.91. The van der Waals surface area contributed by atoms with E-state index in [1.165, 1.54) is 0 Å². The van der Waals surface area contributed by atoms with Crippen LogP contribution in [0.25, 0.3) is 0 Å². The quantitative estimate of drug-likeness (QED) is 0.822. The third-order valence-corrected chi connectivity index (χ3v) is 4.49. The minimum atomic E-state index is -0.207. The molecular weight excluding hydrogens is 218 g/mol. The molecule has 1 N–H and O–H groups in total. The molecule has 2 rings (SSSR count). The highest BCUT2D eigenvalue weighted by Gasteiger charge is 2.53. The predicted octanol–water partition coefficient (Wildman–Crippen LogP) is 2.02. The molecule has 17 heavy (non-hydrogen) atoms. The van der Waals surface area contributed by atoms with E-state index in [1.807, 2.05) is 13.8 Å². The fraction of sp³-hybridized carbons (Fsp3) is 0.923. The van der Waals surface area contributed by atoms with Gasteiger partial charge in [-0.15, -0.1) is 0 Å². The Kier molecular flexibility index (Phi) is 3.61. The maximum absolute atomic E-state index is 11.6. The Hall–Kier alpha value is -0.770. The van der Waals surface area contributed by atoms with Crippen LogP contribution in [-0.2, 0) is 4.74 Å². The van der Waals surface area contributed by atoms with Crippen LogP contribution >= 0.6 is 0 Å². The van der Waals surface area contributed by atoms with E-state index in [1.54, 1.807) is 4.90 Å². The maximum Gasteiger partial charge on any atom is 0.409 e. The summed E-state index contributed by atoms with van der Waals surface area (Å²) in [5, 5.41) is 9.85. The number of ether oxygens (including phenoxy) is 1. The molecule has 0 bridgehead atoms. The third-order valence-electron chi connectivity index (χ3n) is 4.49. The molecule has 4 nitrogen and oxygen atoms in total. The summed E-state index contributed by atoms with van der Waals surface area (Å²) in [6, 6.07) is 0. The van der Waals surface area contributed by atoms with Gasteiger partial charge in [0.2, 0.25) is 0 Å². The molecule has 0 aromatic rings. The van der Waals surface area contributed by atoms with E-state index in [4.69, 9.17) is 4.74 Å². The second kappa shape index (κ2) is 4.84. The van der Waals surface area contributed by atoms with Crippen molar-refractivity contribution in [3.63, 3.8) is 0 Å². The van der Waals surface area contributed by atoms with E-state index < -0.39 is 0 Å². The zero-order valence-corrected chi connectivity index (χ0v) is 10.8. The molecule has 1 amide bonds. The van der Waals surface area contributed by atoms with Crippen LogP contribution in [0.5, 0.6) is 0 Å². The molecule has 1 aliphatic carbocycles. The number of carbonyl (C=O) groups is 1. The Morgan fingerprint density at radius 2 is 2.06 bits per heavy atom. The molecule has 2 fully saturated rings. The number of hydrogen-bond acceptors (Lipinski definition) is 3. The molecule has 1 aliphatic heterocycles. The summed E-state index contributed by atoms with van der Waals surface area (Å²) in [7, 11) is 0. The summed E-state index contributed by atoms with van der Waals surface area (Å²) in [6.45, 7) is 5.73. The van der Waals surface area contributed by atoms with Crippen LogP contribution in [0.15, 0.2) is 0 Å². The average Bonchev–Trinajstić information content (AvgIpc) is 3.11. The zero-order valence-electron chi connectivity index (χ0n) is 10.8. The topological polar surface area (TPSA) is 49.8 Å². The Bertz CT molecular complexity index is 278. The lowest BCUT2D eigenvalue weighted by atomic mass is 9.78. The highest BCUT2D eigenvalue weighted by Crippen LogP contribution is 2.57. The number of piperidine rings is 1. The molecule has 1 heterocycles. The van der Waals surface area contributed by atoms with Crippen LogP contribution in [0.2, 0.25) is 0 Å². The van der Waals surface area contributed by atoms with Gasteiger partial charge in [-0.25, -0.2) is 4.79 Å². The predicted molar refractivity (Wildman–Crippen MR) is 64.7 cm³/mol. The second-order valence-corrected chi connectivity index (χ2v) is 5.37. The zero-order chi connectivity index (χ0) is 12.5. The van der Waals surface area contributed by atoms with Crippen molar-refractivity contribution in [3.8, 4) is 0 Å². The van der Waals surface area contributed by atoms with Crippen molar-refractivity contribution in [1.82, 2.24) is 4.90 Å². The van der Waals surface area contributed by atoms with Gasteiger partial charge < -0.3 is 14.7 Å². The molecule has 1 atom stereocenters. The standard InChI is InChI=1S/C13H23NO3/c1-3-17-12(16)14-8-4-11(5-9-14)13(6-7-13)10(2)15/h10-11,15H,3-9H2,1-2H3. The maximum atomic E-state index is 11.6. The van der Waals surface area contributed by atoms with Gasteiger partial charge in [0.25, 0.3) is 0 Å². The highest BCUT2D eigenvalue weighted by atomic mass is 16.6. The number of aliphatic hydroxyl groups is 1. The van der Waals surface area contributed by atoms with Gasteiger partial charge in [0.05, 0.1) is 12.7 Å². The third kappa shape index (κ3) is 2.41. The van der Waals surface area contributed by atoms with Crippen LogP contribution in [0.1, 0.15) is 39.5 Å². The number of nitrogens with zero attached hydrogens (tertiary/aromatic N) is 1. The van der Waals surface area contributed by atoms with Gasteiger partial charge >= 0.3 is 6.09 Å². The summed E-state index contributed by atoms with van der Waals surface area (Å²) < 4.78 is 5.00. The Morgan fingerprint density at radius 1 is 1.47 bits per heavy atom. The minimum Gasteiger partial charge on any atom is -0.450 e. The molecule has 0 spiro atoms. The Labute approximate surface area is 103 Å². The van der Waals surface area contributed by atoms with Crippen molar-refractivity contribution in [3.05, 3.63) is 0 Å². The second-order valence-electron chi connectivity index (χ2n) is 5.37. The van der Waals surface area contributed by atoms with E-state index >= 15 is 0 Å². The Morgan fingerprint density at radius 3 is 2.47 bits per heavy atom. The van der Waals surface area contributed by atoms with Crippen LogP contribution in [0.4, 0.5) is 4.79 Å². The van der Waals surface area contributed by atoms with Gasteiger partial charge in [-0.3, -0.25) is 0 Å². The monoisotopic (exact) mass is 241 g/mol. The number of amides is 1. The van der Waals surface area contributed by atoms with Gasteiger partial charge in [-0.05, 0) is 50.9 Å². The number of likely N-dealkylation sites (tertiary alicyclic amines) is 1. The highest BCUT2D eigenvalue weighted by molar-refractivity contribution is 5.67. The lowest BCUT2D eigenvalue weighted by molar-refractivity contribution is 0.0334. The van der Waals surface area contributed by atoms with Crippen LogP contribution in [0.3, 0.4) is 0 Å². The van der Waals surface area contributed by atoms with Crippen molar-refractivity contribution < 1.29 is 14.6 Å². The van der Waals surface area contributed by atoms with Crippen LogP contribution < -0.4 is 0 Å². The van der Waals surface area contributed by atoms with Gasteiger partial charge in [-0.2, -0.15) is 0 Å². The fourth-order valence-electron chi connectivity index (χ4n) is 3.16. The molecule has 98 valence electrons. The SMILES string of the molecule is CCOC(=O)N1CCC(C2(C(C)O)CC2)CC1. The van der Waals surface area contributed by atoms with Gasteiger partial charge in [-0.1, -0.05) is 0 Å². The molecule has 1 unspecified atom stereocenters. The van der Waals surface area contributed by atoms with Crippen molar-refractivity contribution >= 4 is 6.09 Å². The molecule has 4 heteroatoms. The molecule has 0 aromatic carbocycles. The van der Waals surface area contributed by atoms with Crippen molar-refractivity contribution in [2.45, 2.75) is 45.6 Å². The van der Waals surface area contributed by atoms with E-state index in [9.17, 15) is 9.90 Å². The smallest absolute Gasteiger partial charge is 0.409 e. The summed E-state index contributed by atoms with van der Waals surface area (Å²) in [5.41, 5.74) is 0.167. The normalized spacial score (nSPS) is 25.5.